The van der Waals surface area contributed by atoms with Crippen LogP contribution in [0.3, 0.4) is 0 Å². The third-order valence-electron chi connectivity index (χ3n) is 3.34. The van der Waals surface area contributed by atoms with Crippen LogP contribution in [0.15, 0.2) is 42.0 Å². The fraction of sp³-hybridized carbons (Fsp3) is 0.158. The number of ether oxygens (including phenoxy) is 2. The predicted octanol–water partition coefficient (Wildman–Crippen LogP) is 4.95. The SMILES string of the molecule is CCOc1cc(/C=C(/C#N)C(=O)Nc2ccc(Cl)c(Cl)c2)ccc1OC. The van der Waals surface area contributed by atoms with Gasteiger partial charge in [-0.1, -0.05) is 29.3 Å². The van der Waals surface area contributed by atoms with Gasteiger partial charge in [-0.3, -0.25) is 4.79 Å². The zero-order chi connectivity index (χ0) is 19.1. The second-order valence-electron chi connectivity index (χ2n) is 5.10. The van der Waals surface area contributed by atoms with Gasteiger partial charge >= 0.3 is 0 Å². The summed E-state index contributed by atoms with van der Waals surface area (Å²) in [5, 5.41) is 12.6. The summed E-state index contributed by atoms with van der Waals surface area (Å²) < 4.78 is 10.7. The molecule has 0 saturated carbocycles. The number of nitriles is 1. The number of carbonyl (C=O) groups is 1. The average molecular weight is 391 g/mol. The van der Waals surface area contributed by atoms with Crippen LogP contribution in [-0.4, -0.2) is 19.6 Å². The number of nitrogens with zero attached hydrogens (tertiary/aromatic N) is 1. The molecule has 1 N–H and O–H groups in total. The summed E-state index contributed by atoms with van der Waals surface area (Å²) in [6.45, 7) is 2.32. The van der Waals surface area contributed by atoms with Gasteiger partial charge in [0, 0.05) is 5.69 Å². The summed E-state index contributed by atoms with van der Waals surface area (Å²) >= 11 is 11.8. The number of carbonyl (C=O) groups excluding carboxylic acids is 1. The van der Waals surface area contributed by atoms with Gasteiger partial charge in [0.05, 0.1) is 23.8 Å². The molecule has 0 aliphatic rings. The molecule has 7 heteroatoms. The van der Waals surface area contributed by atoms with Crippen LogP contribution in [0.4, 0.5) is 5.69 Å². The highest BCUT2D eigenvalue weighted by molar-refractivity contribution is 6.42. The normalized spacial score (nSPS) is 10.8. The molecule has 2 aromatic rings. The Balaban J connectivity index is 2.26. The van der Waals surface area contributed by atoms with E-state index in [2.05, 4.69) is 5.32 Å². The molecule has 0 fully saturated rings. The first-order chi connectivity index (χ1) is 12.5. The highest BCUT2D eigenvalue weighted by atomic mass is 35.5. The number of amides is 1. The largest absolute Gasteiger partial charge is 0.493 e. The Morgan fingerprint density at radius 1 is 1.19 bits per heavy atom. The molecule has 0 aromatic heterocycles. The molecular formula is C19H16Cl2N2O3. The van der Waals surface area contributed by atoms with Crippen molar-refractivity contribution in [3.05, 3.63) is 57.6 Å². The van der Waals surface area contributed by atoms with Crippen molar-refractivity contribution in [1.82, 2.24) is 0 Å². The Labute approximate surface area is 161 Å². The summed E-state index contributed by atoms with van der Waals surface area (Å²) in [5.74, 6) is 0.549. The monoisotopic (exact) mass is 390 g/mol. The van der Waals surface area contributed by atoms with Gasteiger partial charge in [0.2, 0.25) is 0 Å². The maximum atomic E-state index is 12.3. The summed E-state index contributed by atoms with van der Waals surface area (Å²) in [4.78, 5) is 12.3. The van der Waals surface area contributed by atoms with Crippen molar-refractivity contribution in [2.24, 2.45) is 0 Å². The van der Waals surface area contributed by atoms with E-state index in [-0.39, 0.29) is 5.57 Å². The van der Waals surface area contributed by atoms with E-state index in [1.807, 2.05) is 13.0 Å². The van der Waals surface area contributed by atoms with Crippen molar-refractivity contribution in [2.45, 2.75) is 6.92 Å². The lowest BCUT2D eigenvalue weighted by Crippen LogP contribution is -2.13. The number of anilines is 1. The number of hydrogen-bond donors (Lipinski definition) is 1. The summed E-state index contributed by atoms with van der Waals surface area (Å²) in [5.41, 5.74) is 1.01. The lowest BCUT2D eigenvalue weighted by molar-refractivity contribution is -0.112. The van der Waals surface area contributed by atoms with E-state index in [1.165, 1.54) is 12.1 Å². The summed E-state index contributed by atoms with van der Waals surface area (Å²) in [6, 6.07) is 11.7. The smallest absolute Gasteiger partial charge is 0.266 e. The molecule has 0 atom stereocenters. The van der Waals surface area contributed by atoms with Crippen LogP contribution >= 0.6 is 23.2 Å². The number of methoxy groups -OCH3 is 1. The van der Waals surface area contributed by atoms with Crippen LogP contribution in [0.2, 0.25) is 10.0 Å². The number of benzene rings is 2. The minimum Gasteiger partial charge on any atom is -0.493 e. The number of rotatable bonds is 6. The first kappa shape index (κ1) is 19.6. The van der Waals surface area contributed by atoms with Gasteiger partial charge in [0.1, 0.15) is 11.6 Å². The first-order valence-corrected chi connectivity index (χ1v) is 8.43. The molecule has 1 amide bonds. The average Bonchev–Trinajstić information content (AvgIpc) is 2.63. The van der Waals surface area contributed by atoms with Gasteiger partial charge in [-0.25, -0.2) is 0 Å². The molecule has 0 aliphatic carbocycles. The van der Waals surface area contributed by atoms with Crippen LogP contribution in [0.25, 0.3) is 6.08 Å². The van der Waals surface area contributed by atoms with Gasteiger partial charge in [-0.15, -0.1) is 0 Å². The fourth-order valence-electron chi connectivity index (χ4n) is 2.14. The molecule has 5 nitrogen and oxygen atoms in total. The van der Waals surface area contributed by atoms with Crippen molar-refractivity contribution in [2.75, 3.05) is 19.0 Å². The van der Waals surface area contributed by atoms with E-state index < -0.39 is 5.91 Å². The number of halogens is 2. The second-order valence-corrected chi connectivity index (χ2v) is 5.91. The molecular weight excluding hydrogens is 375 g/mol. The van der Waals surface area contributed by atoms with Gasteiger partial charge in [0.25, 0.3) is 5.91 Å². The first-order valence-electron chi connectivity index (χ1n) is 7.67. The fourth-order valence-corrected chi connectivity index (χ4v) is 2.44. The molecule has 0 saturated heterocycles. The van der Waals surface area contributed by atoms with E-state index in [9.17, 15) is 10.1 Å². The number of hydrogen-bond acceptors (Lipinski definition) is 4. The Morgan fingerprint density at radius 2 is 1.96 bits per heavy atom. The highest BCUT2D eigenvalue weighted by Gasteiger charge is 2.12. The van der Waals surface area contributed by atoms with Gasteiger partial charge in [-0.05, 0) is 48.9 Å². The third-order valence-corrected chi connectivity index (χ3v) is 4.08. The zero-order valence-electron chi connectivity index (χ0n) is 14.2. The third kappa shape index (κ3) is 4.92. The Morgan fingerprint density at radius 3 is 2.58 bits per heavy atom. The maximum Gasteiger partial charge on any atom is 0.266 e. The lowest BCUT2D eigenvalue weighted by atomic mass is 10.1. The zero-order valence-corrected chi connectivity index (χ0v) is 15.7. The van der Waals surface area contributed by atoms with Crippen molar-refractivity contribution in [1.29, 1.82) is 5.26 Å². The molecule has 2 aromatic carbocycles. The lowest BCUT2D eigenvalue weighted by Gasteiger charge is -2.10. The van der Waals surface area contributed by atoms with Crippen LogP contribution in [-0.2, 0) is 4.79 Å². The van der Waals surface area contributed by atoms with Crippen molar-refractivity contribution in [3.8, 4) is 17.6 Å². The molecule has 134 valence electrons. The van der Waals surface area contributed by atoms with Gasteiger partial charge in [0.15, 0.2) is 11.5 Å². The van der Waals surface area contributed by atoms with Crippen molar-refractivity contribution in [3.63, 3.8) is 0 Å². The highest BCUT2D eigenvalue weighted by Crippen LogP contribution is 2.29. The topological polar surface area (TPSA) is 71.3 Å². The summed E-state index contributed by atoms with van der Waals surface area (Å²) in [7, 11) is 1.54. The molecule has 0 aliphatic heterocycles. The van der Waals surface area contributed by atoms with Crippen LogP contribution in [0, 0.1) is 11.3 Å². The summed E-state index contributed by atoms with van der Waals surface area (Å²) in [6.07, 6.45) is 1.47. The van der Waals surface area contributed by atoms with Crippen LogP contribution in [0.1, 0.15) is 12.5 Å². The number of nitrogens with one attached hydrogen (secondary N) is 1. The Kier molecular flexibility index (Phi) is 6.90. The van der Waals surface area contributed by atoms with Crippen molar-refractivity contribution < 1.29 is 14.3 Å². The molecule has 0 unspecified atom stereocenters. The molecule has 26 heavy (non-hydrogen) atoms. The molecule has 0 heterocycles. The van der Waals surface area contributed by atoms with E-state index in [4.69, 9.17) is 32.7 Å². The van der Waals surface area contributed by atoms with E-state index >= 15 is 0 Å². The van der Waals surface area contributed by atoms with Crippen molar-refractivity contribution >= 4 is 40.9 Å². The molecule has 0 bridgehead atoms. The molecule has 2 rings (SSSR count). The Hall–Kier alpha value is -2.68. The van der Waals surface area contributed by atoms with Gasteiger partial charge < -0.3 is 14.8 Å². The van der Waals surface area contributed by atoms with Gasteiger partial charge in [-0.2, -0.15) is 5.26 Å². The van der Waals surface area contributed by atoms with E-state index in [1.54, 1.807) is 37.4 Å². The Bertz CT molecular complexity index is 889. The van der Waals surface area contributed by atoms with E-state index in [0.717, 1.165) is 0 Å². The van der Waals surface area contributed by atoms with E-state index in [0.29, 0.717) is 39.4 Å². The quantitative estimate of drug-likeness (QED) is 0.559. The predicted molar refractivity (Wildman–Crippen MR) is 103 cm³/mol. The van der Waals surface area contributed by atoms with Crippen LogP contribution in [0.5, 0.6) is 11.5 Å². The maximum absolute atomic E-state index is 12.3. The minimum atomic E-state index is -0.556. The molecule has 0 spiro atoms. The second kappa shape index (κ2) is 9.14. The van der Waals surface area contributed by atoms with Crippen LogP contribution < -0.4 is 14.8 Å². The molecule has 0 radical (unpaired) electrons. The standard InChI is InChI=1S/C19H16Cl2N2O3/c1-3-26-18-9-12(4-7-17(18)25-2)8-13(11-22)19(24)23-14-5-6-15(20)16(21)10-14/h4-10H,3H2,1-2H3,(H,23,24)/b13-8-. The minimum absolute atomic E-state index is 0.0660.